The van der Waals surface area contributed by atoms with E-state index < -0.39 is 23.1 Å². The average molecular weight is 414 g/mol. The van der Waals surface area contributed by atoms with Crippen LogP contribution in [0.15, 0.2) is 53.9 Å². The Morgan fingerprint density at radius 1 is 1.07 bits per heavy atom. The molecule has 29 heavy (non-hydrogen) atoms. The molecule has 0 fully saturated rings. The summed E-state index contributed by atoms with van der Waals surface area (Å²) in [7, 11) is 0. The number of rotatable bonds is 4. The van der Waals surface area contributed by atoms with Gasteiger partial charge in [0, 0.05) is 17.0 Å². The topological polar surface area (TPSA) is 59.8 Å². The Balaban J connectivity index is 1.66. The molecule has 0 saturated heterocycles. The number of benzene rings is 2. The van der Waals surface area contributed by atoms with Gasteiger partial charge in [0.1, 0.15) is 28.8 Å². The van der Waals surface area contributed by atoms with Crippen LogP contribution >= 0.6 is 11.3 Å². The lowest BCUT2D eigenvalue weighted by Crippen LogP contribution is -2.18. The number of nitrogens with zero attached hydrogens (tertiary/aromatic N) is 3. The van der Waals surface area contributed by atoms with E-state index in [2.05, 4.69) is 15.4 Å². The SMILES string of the molecule is Cc1cc(NC(=O)c2c(F)cccc2F)n(-c2nc(-c3ccc(F)cc3)cs2)n1. The largest absolute Gasteiger partial charge is 0.306 e. The van der Waals surface area contributed by atoms with Crippen LogP contribution in [0.25, 0.3) is 16.4 Å². The van der Waals surface area contributed by atoms with E-state index in [0.717, 1.165) is 17.7 Å². The van der Waals surface area contributed by atoms with Gasteiger partial charge in [0.05, 0.1) is 11.4 Å². The number of aromatic nitrogens is 3. The highest BCUT2D eigenvalue weighted by Crippen LogP contribution is 2.27. The first kappa shape index (κ1) is 18.9. The van der Waals surface area contributed by atoms with Gasteiger partial charge in [-0.25, -0.2) is 18.2 Å². The predicted octanol–water partition coefficient (Wildman–Crippen LogP) is 4.97. The van der Waals surface area contributed by atoms with Crippen molar-refractivity contribution < 1.29 is 18.0 Å². The predicted molar refractivity (Wildman–Crippen MR) is 104 cm³/mol. The minimum absolute atomic E-state index is 0.218. The van der Waals surface area contributed by atoms with Crippen LogP contribution in [0.2, 0.25) is 0 Å². The van der Waals surface area contributed by atoms with Gasteiger partial charge in [0.25, 0.3) is 5.91 Å². The molecule has 0 saturated carbocycles. The Hall–Kier alpha value is -3.46. The van der Waals surface area contributed by atoms with Gasteiger partial charge in [-0.1, -0.05) is 6.07 Å². The number of halogens is 3. The van der Waals surface area contributed by atoms with Crippen molar-refractivity contribution >= 4 is 23.1 Å². The highest BCUT2D eigenvalue weighted by molar-refractivity contribution is 7.12. The van der Waals surface area contributed by atoms with Gasteiger partial charge < -0.3 is 5.32 Å². The number of thiazole rings is 1. The quantitative estimate of drug-likeness (QED) is 0.513. The third-order valence-electron chi connectivity index (χ3n) is 4.08. The zero-order valence-corrected chi connectivity index (χ0v) is 15.8. The summed E-state index contributed by atoms with van der Waals surface area (Å²) >= 11 is 1.25. The molecule has 5 nitrogen and oxygen atoms in total. The highest BCUT2D eigenvalue weighted by Gasteiger charge is 2.20. The third kappa shape index (κ3) is 3.77. The summed E-state index contributed by atoms with van der Waals surface area (Å²) < 4.78 is 42.3. The summed E-state index contributed by atoms with van der Waals surface area (Å²) in [5.41, 5.74) is 1.23. The Bertz CT molecular complexity index is 1180. The first-order valence-electron chi connectivity index (χ1n) is 8.46. The summed E-state index contributed by atoms with van der Waals surface area (Å²) in [4.78, 5) is 16.9. The molecule has 0 radical (unpaired) electrons. The number of anilines is 1. The van der Waals surface area contributed by atoms with Crippen molar-refractivity contribution in [2.24, 2.45) is 0 Å². The maximum Gasteiger partial charge on any atom is 0.262 e. The Morgan fingerprint density at radius 2 is 1.76 bits per heavy atom. The Labute approximate surface area is 167 Å². The molecule has 0 aliphatic carbocycles. The van der Waals surface area contributed by atoms with E-state index in [1.54, 1.807) is 30.5 Å². The van der Waals surface area contributed by atoms with E-state index in [1.165, 1.54) is 34.2 Å². The molecule has 4 aromatic rings. The molecule has 0 aliphatic heterocycles. The molecule has 0 unspecified atom stereocenters. The number of amides is 1. The number of carbonyl (C=O) groups is 1. The second-order valence-corrected chi connectivity index (χ2v) is 6.99. The average Bonchev–Trinajstić information content (AvgIpc) is 3.29. The highest BCUT2D eigenvalue weighted by atomic mass is 32.1. The number of nitrogens with one attached hydrogen (secondary N) is 1. The van der Waals surface area contributed by atoms with Gasteiger partial charge in [-0.15, -0.1) is 11.3 Å². The third-order valence-corrected chi connectivity index (χ3v) is 4.89. The lowest BCUT2D eigenvalue weighted by Gasteiger charge is -2.08. The number of hydrogen-bond acceptors (Lipinski definition) is 4. The molecule has 2 aromatic carbocycles. The van der Waals surface area contributed by atoms with Crippen molar-refractivity contribution in [1.82, 2.24) is 14.8 Å². The van der Waals surface area contributed by atoms with E-state index in [9.17, 15) is 18.0 Å². The Morgan fingerprint density at radius 3 is 2.45 bits per heavy atom. The van der Waals surface area contributed by atoms with E-state index >= 15 is 0 Å². The summed E-state index contributed by atoms with van der Waals surface area (Å²) in [5, 5.41) is 8.98. The van der Waals surface area contributed by atoms with Crippen molar-refractivity contribution in [3.63, 3.8) is 0 Å². The van der Waals surface area contributed by atoms with Gasteiger partial charge >= 0.3 is 0 Å². The standard InChI is InChI=1S/C20H13F3N4OS/c1-11-9-17(25-19(28)18-14(22)3-2-4-15(18)23)27(26-11)20-24-16(10-29-20)12-5-7-13(21)8-6-12/h2-10H,1H3,(H,25,28). The van der Waals surface area contributed by atoms with Crippen molar-refractivity contribution in [2.45, 2.75) is 6.92 Å². The van der Waals surface area contributed by atoms with Crippen LogP contribution in [0.5, 0.6) is 0 Å². The van der Waals surface area contributed by atoms with Gasteiger partial charge in [0.2, 0.25) is 5.13 Å². The maximum absolute atomic E-state index is 13.9. The van der Waals surface area contributed by atoms with E-state index in [0.29, 0.717) is 16.5 Å². The molecule has 0 aliphatic rings. The van der Waals surface area contributed by atoms with Crippen LogP contribution in [0.4, 0.5) is 19.0 Å². The minimum Gasteiger partial charge on any atom is -0.306 e. The summed E-state index contributed by atoms with van der Waals surface area (Å²) in [5.74, 6) is -2.99. The molecule has 146 valence electrons. The second kappa shape index (κ2) is 7.51. The normalized spacial score (nSPS) is 10.9. The fourth-order valence-corrected chi connectivity index (χ4v) is 3.54. The molecule has 9 heteroatoms. The van der Waals surface area contributed by atoms with Crippen LogP contribution < -0.4 is 5.32 Å². The van der Waals surface area contributed by atoms with Crippen molar-refractivity contribution in [1.29, 1.82) is 0 Å². The van der Waals surface area contributed by atoms with Gasteiger partial charge in [0.15, 0.2) is 0 Å². The lowest BCUT2D eigenvalue weighted by atomic mass is 10.2. The summed E-state index contributed by atoms with van der Waals surface area (Å²) in [6.07, 6.45) is 0. The molecule has 2 aromatic heterocycles. The smallest absolute Gasteiger partial charge is 0.262 e. The van der Waals surface area contributed by atoms with Gasteiger partial charge in [-0.3, -0.25) is 4.79 Å². The summed E-state index contributed by atoms with van der Waals surface area (Å²) in [6, 6.07) is 10.6. The molecule has 0 atom stereocenters. The zero-order chi connectivity index (χ0) is 20.5. The summed E-state index contributed by atoms with van der Waals surface area (Å²) in [6.45, 7) is 1.71. The van der Waals surface area contributed by atoms with Crippen molar-refractivity contribution in [2.75, 3.05) is 5.32 Å². The van der Waals surface area contributed by atoms with E-state index in [4.69, 9.17) is 0 Å². The molecule has 0 spiro atoms. The molecule has 4 rings (SSSR count). The first-order valence-corrected chi connectivity index (χ1v) is 9.34. The van der Waals surface area contributed by atoms with Crippen molar-refractivity contribution in [3.8, 4) is 16.4 Å². The lowest BCUT2D eigenvalue weighted by molar-refractivity contribution is 0.101. The minimum atomic E-state index is -0.960. The van der Waals surface area contributed by atoms with Gasteiger partial charge in [-0.05, 0) is 43.3 Å². The maximum atomic E-state index is 13.9. The molecular weight excluding hydrogens is 401 g/mol. The van der Waals surface area contributed by atoms with Crippen LogP contribution in [0, 0.1) is 24.4 Å². The Kier molecular flexibility index (Phi) is 4.89. The fraction of sp³-hybridized carbons (Fsp3) is 0.0500. The van der Waals surface area contributed by atoms with Gasteiger partial charge in [-0.2, -0.15) is 9.78 Å². The molecule has 1 N–H and O–H groups in total. The first-order chi connectivity index (χ1) is 13.9. The van der Waals surface area contributed by atoms with Crippen LogP contribution in [0.3, 0.4) is 0 Å². The molecular formula is C20H13F3N4OS. The van der Waals surface area contributed by atoms with Crippen LogP contribution in [-0.2, 0) is 0 Å². The number of aryl methyl sites for hydroxylation is 1. The fourth-order valence-electron chi connectivity index (χ4n) is 2.74. The molecule has 2 heterocycles. The molecule has 1 amide bonds. The monoisotopic (exact) mass is 414 g/mol. The molecule has 0 bridgehead atoms. The zero-order valence-electron chi connectivity index (χ0n) is 15.0. The second-order valence-electron chi connectivity index (χ2n) is 6.16. The van der Waals surface area contributed by atoms with Crippen LogP contribution in [0.1, 0.15) is 16.1 Å². The van der Waals surface area contributed by atoms with Crippen LogP contribution in [-0.4, -0.2) is 20.7 Å². The van der Waals surface area contributed by atoms with E-state index in [-0.39, 0.29) is 11.6 Å². The number of hydrogen-bond donors (Lipinski definition) is 1. The van der Waals surface area contributed by atoms with E-state index in [1.807, 2.05) is 0 Å². The number of carbonyl (C=O) groups excluding carboxylic acids is 1. The van der Waals surface area contributed by atoms with Crippen molar-refractivity contribution in [3.05, 3.63) is 82.6 Å².